The van der Waals surface area contributed by atoms with Crippen molar-refractivity contribution in [1.29, 1.82) is 0 Å². The van der Waals surface area contributed by atoms with Gasteiger partial charge in [0, 0.05) is 43.0 Å². The summed E-state index contributed by atoms with van der Waals surface area (Å²) in [5.74, 6) is -3.63. The van der Waals surface area contributed by atoms with Crippen LogP contribution < -0.4 is 10.6 Å². The van der Waals surface area contributed by atoms with Gasteiger partial charge >= 0.3 is 12.2 Å². The molecule has 6 rings (SSSR count). The number of rotatable bonds is 11. The standard InChI is InChI=1S/C37H46F2N10O6/c1-19(2)29(46-35(52)54-5)33(50)48-11-7-8-27(48)32-44-24-10-9-21(12-25(24)45-32)26-17-40-22(15-41-26)13-23-16-42-31(43-23)28-14-37(38,39)18-49(28)34(51)30(20(3)4)47-36(53)55-6/h9-10,12,15-17,19-20,27-30H,7-8,11,13-14,18H2,1-6H3,(H,42,43)(H,44,45)(H,46,52)(H,47,53). The van der Waals surface area contributed by atoms with E-state index in [1.807, 2.05) is 32.0 Å². The lowest BCUT2D eigenvalue weighted by molar-refractivity contribution is -0.137. The summed E-state index contributed by atoms with van der Waals surface area (Å²) < 4.78 is 38.8. The van der Waals surface area contributed by atoms with Gasteiger partial charge in [0.05, 0.1) is 61.5 Å². The average molecular weight is 765 g/mol. The third-order valence-electron chi connectivity index (χ3n) is 10.0. The molecule has 2 fully saturated rings. The number of nitrogens with zero attached hydrogens (tertiary/aromatic N) is 6. The highest BCUT2D eigenvalue weighted by atomic mass is 19.3. The van der Waals surface area contributed by atoms with Crippen LogP contribution in [0.2, 0.25) is 0 Å². The van der Waals surface area contributed by atoms with Crippen molar-refractivity contribution in [2.45, 2.75) is 83.5 Å². The first-order chi connectivity index (χ1) is 26.2. The molecule has 3 aromatic heterocycles. The second kappa shape index (κ2) is 16.0. The quantitative estimate of drug-likeness (QED) is 0.166. The fraction of sp³-hybridized carbons (Fsp3) is 0.514. The van der Waals surface area contributed by atoms with Crippen LogP contribution >= 0.6 is 0 Å². The predicted octanol–water partition coefficient (Wildman–Crippen LogP) is 4.67. The minimum absolute atomic E-state index is 0.145. The number of carbonyl (C=O) groups is 4. The van der Waals surface area contributed by atoms with Gasteiger partial charge in [-0.2, -0.15) is 0 Å². The van der Waals surface area contributed by atoms with Gasteiger partial charge in [0.25, 0.3) is 5.92 Å². The Morgan fingerprint density at radius 3 is 2.16 bits per heavy atom. The molecule has 0 spiro atoms. The molecule has 5 heterocycles. The number of hydrogen-bond donors (Lipinski definition) is 4. The number of halogens is 2. The number of amides is 4. The summed E-state index contributed by atoms with van der Waals surface area (Å²) in [7, 11) is 2.43. The van der Waals surface area contributed by atoms with Gasteiger partial charge < -0.3 is 39.9 Å². The first-order valence-corrected chi connectivity index (χ1v) is 18.2. The zero-order valence-corrected chi connectivity index (χ0v) is 31.6. The third kappa shape index (κ3) is 8.52. The molecule has 0 saturated carbocycles. The van der Waals surface area contributed by atoms with E-state index in [1.165, 1.54) is 13.3 Å². The van der Waals surface area contributed by atoms with Gasteiger partial charge in [-0.15, -0.1) is 0 Å². The number of carbonyl (C=O) groups excluding carboxylic acids is 4. The van der Waals surface area contributed by atoms with Crippen molar-refractivity contribution < 1.29 is 37.4 Å². The second-order valence-electron chi connectivity index (χ2n) is 14.7. The molecule has 2 aliphatic rings. The van der Waals surface area contributed by atoms with Crippen LogP contribution in [0.3, 0.4) is 0 Å². The van der Waals surface area contributed by atoms with E-state index in [0.29, 0.717) is 29.5 Å². The number of alkyl carbamates (subject to hydrolysis) is 2. The van der Waals surface area contributed by atoms with Crippen LogP contribution in [0.15, 0.2) is 36.8 Å². The van der Waals surface area contributed by atoms with Crippen molar-refractivity contribution in [1.82, 2.24) is 50.3 Å². The molecule has 4 unspecified atom stereocenters. The number of H-pyrrole nitrogens is 2. The Kier molecular flexibility index (Phi) is 11.3. The molecule has 0 radical (unpaired) electrons. The van der Waals surface area contributed by atoms with E-state index in [0.717, 1.165) is 41.4 Å². The molecule has 4 aromatic rings. The normalized spacial score (nSPS) is 19.2. The van der Waals surface area contributed by atoms with Crippen molar-refractivity contribution in [2.24, 2.45) is 11.8 Å². The van der Waals surface area contributed by atoms with Gasteiger partial charge in [0.1, 0.15) is 23.7 Å². The minimum Gasteiger partial charge on any atom is -0.453 e. The van der Waals surface area contributed by atoms with E-state index >= 15 is 0 Å². The number of methoxy groups -OCH3 is 2. The second-order valence-corrected chi connectivity index (χ2v) is 14.7. The zero-order chi connectivity index (χ0) is 39.6. The maximum absolute atomic E-state index is 14.7. The number of benzene rings is 1. The molecule has 16 nitrogen and oxygen atoms in total. The molecule has 2 saturated heterocycles. The van der Waals surface area contributed by atoms with Gasteiger partial charge in [-0.05, 0) is 36.8 Å². The highest BCUT2D eigenvalue weighted by Gasteiger charge is 2.50. The molecule has 4 amide bonds. The summed E-state index contributed by atoms with van der Waals surface area (Å²) in [5, 5.41) is 5.13. The molecular weight excluding hydrogens is 718 g/mol. The predicted molar refractivity (Wildman–Crippen MR) is 195 cm³/mol. The molecule has 18 heteroatoms. The van der Waals surface area contributed by atoms with E-state index in [9.17, 15) is 28.0 Å². The number of nitrogens with one attached hydrogen (secondary N) is 4. The lowest BCUT2D eigenvalue weighted by Gasteiger charge is -2.29. The number of alkyl halides is 2. The summed E-state index contributed by atoms with van der Waals surface area (Å²) in [6.45, 7) is 6.90. The van der Waals surface area contributed by atoms with Crippen LogP contribution in [0, 0.1) is 11.8 Å². The zero-order valence-electron chi connectivity index (χ0n) is 31.6. The van der Waals surface area contributed by atoms with Crippen LogP contribution in [-0.2, 0) is 25.5 Å². The summed E-state index contributed by atoms with van der Waals surface area (Å²) in [4.78, 5) is 78.5. The maximum Gasteiger partial charge on any atom is 0.407 e. The molecule has 2 aliphatic heterocycles. The fourth-order valence-electron chi connectivity index (χ4n) is 7.14. The first-order valence-electron chi connectivity index (χ1n) is 18.2. The SMILES string of the molecule is COC(=O)NC(C(=O)N1CC(F)(F)CC1c1ncc(Cc2cnc(-c3ccc4nc(C5CCCN5C(=O)C(NC(=O)OC)C(C)C)[nH]c4c3)cn2)[nH]1)C(C)C. The minimum atomic E-state index is -3.14. The summed E-state index contributed by atoms with van der Waals surface area (Å²) in [6, 6.07) is 2.59. The number of aromatic amines is 2. The van der Waals surface area contributed by atoms with E-state index < -0.39 is 55.1 Å². The Hall–Kier alpha value is -5.68. The Labute approximate surface area is 316 Å². The third-order valence-corrected chi connectivity index (χ3v) is 10.0. The van der Waals surface area contributed by atoms with Gasteiger partial charge in [-0.3, -0.25) is 19.6 Å². The number of hydrogen-bond acceptors (Lipinski definition) is 10. The molecule has 294 valence electrons. The molecule has 4 atom stereocenters. The molecule has 1 aromatic carbocycles. The van der Waals surface area contributed by atoms with Crippen LogP contribution in [0.4, 0.5) is 18.4 Å². The van der Waals surface area contributed by atoms with Crippen LogP contribution in [0.5, 0.6) is 0 Å². The van der Waals surface area contributed by atoms with Crippen molar-refractivity contribution in [3.8, 4) is 11.3 Å². The Morgan fingerprint density at radius 2 is 1.55 bits per heavy atom. The molecular formula is C37H46F2N10O6. The van der Waals surface area contributed by atoms with Gasteiger partial charge in [0.15, 0.2) is 0 Å². The maximum atomic E-state index is 14.7. The van der Waals surface area contributed by atoms with Crippen LogP contribution in [0.1, 0.15) is 82.1 Å². The van der Waals surface area contributed by atoms with Crippen molar-refractivity contribution in [2.75, 3.05) is 27.3 Å². The summed E-state index contributed by atoms with van der Waals surface area (Å²) in [6.07, 6.45) is 4.49. The van der Waals surface area contributed by atoms with Crippen LogP contribution in [-0.4, -0.2) is 109 Å². The smallest absolute Gasteiger partial charge is 0.407 e. The van der Waals surface area contributed by atoms with E-state index in [4.69, 9.17) is 9.72 Å². The molecule has 0 aliphatic carbocycles. The van der Waals surface area contributed by atoms with Gasteiger partial charge in [-0.25, -0.2) is 28.3 Å². The lowest BCUT2D eigenvalue weighted by atomic mass is 10.0. The summed E-state index contributed by atoms with van der Waals surface area (Å²) in [5.41, 5.74) is 4.09. The van der Waals surface area contributed by atoms with Crippen molar-refractivity contribution >= 4 is 35.0 Å². The Morgan fingerprint density at radius 1 is 0.873 bits per heavy atom. The van der Waals surface area contributed by atoms with Crippen molar-refractivity contribution in [3.63, 3.8) is 0 Å². The van der Waals surface area contributed by atoms with Crippen molar-refractivity contribution in [3.05, 3.63) is 59.8 Å². The Balaban J connectivity index is 1.14. The van der Waals surface area contributed by atoms with E-state index in [2.05, 4.69) is 40.3 Å². The number of fused-ring (bicyclic) bond motifs is 1. The monoisotopic (exact) mass is 764 g/mol. The molecule has 55 heavy (non-hydrogen) atoms. The van der Waals surface area contributed by atoms with Gasteiger partial charge in [0.2, 0.25) is 11.8 Å². The van der Waals surface area contributed by atoms with Crippen LogP contribution in [0.25, 0.3) is 22.3 Å². The first kappa shape index (κ1) is 39.0. The lowest BCUT2D eigenvalue weighted by Crippen LogP contribution is -2.51. The van der Waals surface area contributed by atoms with E-state index in [1.54, 1.807) is 31.1 Å². The topological polar surface area (TPSA) is 200 Å². The number of likely N-dealkylation sites (tertiary alicyclic amines) is 2. The summed E-state index contributed by atoms with van der Waals surface area (Å²) >= 11 is 0. The number of imidazole rings is 2. The average Bonchev–Trinajstić information content (AvgIpc) is 3.97. The van der Waals surface area contributed by atoms with E-state index in [-0.39, 0.29) is 36.0 Å². The van der Waals surface area contributed by atoms with Gasteiger partial charge in [-0.1, -0.05) is 33.8 Å². The largest absolute Gasteiger partial charge is 0.453 e. The number of aromatic nitrogens is 6. The molecule has 0 bridgehead atoms. The highest BCUT2D eigenvalue weighted by molar-refractivity contribution is 5.87. The molecule has 4 N–H and O–H groups in total. The fourth-order valence-corrected chi connectivity index (χ4v) is 7.14. The Bertz CT molecular complexity index is 2030. The highest BCUT2D eigenvalue weighted by Crippen LogP contribution is 2.41. The number of ether oxygens (including phenoxy) is 2.